The van der Waals surface area contributed by atoms with Gasteiger partial charge in [0.05, 0.1) is 0 Å². The summed E-state index contributed by atoms with van der Waals surface area (Å²) < 4.78 is 0. The first-order chi connectivity index (χ1) is 6.36. The highest BCUT2D eigenvalue weighted by Gasteiger charge is 2.17. The maximum absolute atomic E-state index is 4.42. The van der Waals surface area contributed by atoms with E-state index in [4.69, 9.17) is 0 Å². The van der Waals surface area contributed by atoms with Crippen LogP contribution >= 0.6 is 0 Å². The molecule has 0 aliphatic carbocycles. The minimum absolute atomic E-state index is 0.225. The molecule has 13 heavy (non-hydrogen) atoms. The summed E-state index contributed by atoms with van der Waals surface area (Å²) in [6, 6.07) is 0.648. The van der Waals surface area contributed by atoms with Gasteiger partial charge in [0.15, 0.2) is 0 Å². The summed E-state index contributed by atoms with van der Waals surface area (Å²) >= 11 is 0. The summed E-state index contributed by atoms with van der Waals surface area (Å²) in [5.41, 5.74) is 0. The first-order valence-electron chi connectivity index (χ1n) is 5.52. The summed E-state index contributed by atoms with van der Waals surface area (Å²) in [5, 5.41) is 11.3. The van der Waals surface area contributed by atoms with Crippen molar-refractivity contribution in [1.29, 1.82) is 0 Å². The van der Waals surface area contributed by atoms with Crippen molar-refractivity contribution in [1.82, 2.24) is 16.0 Å². The van der Waals surface area contributed by atoms with Crippen molar-refractivity contribution in [3.05, 3.63) is 0 Å². The number of hydrogen-bond donors (Lipinski definition) is 2. The van der Waals surface area contributed by atoms with Crippen LogP contribution in [-0.4, -0.2) is 25.4 Å². The van der Waals surface area contributed by atoms with E-state index in [1.54, 1.807) is 0 Å². The second-order valence-corrected chi connectivity index (χ2v) is 3.70. The Morgan fingerprint density at radius 2 is 2.08 bits per heavy atom. The molecule has 1 aliphatic rings. The first-order valence-corrected chi connectivity index (χ1v) is 5.52. The molecule has 0 spiro atoms. The molecule has 77 valence electrons. The van der Waals surface area contributed by atoms with E-state index in [0.717, 1.165) is 13.1 Å². The predicted molar refractivity (Wildman–Crippen MR) is 55.5 cm³/mol. The molecule has 0 aromatic carbocycles. The lowest BCUT2D eigenvalue weighted by Gasteiger charge is -2.21. The van der Waals surface area contributed by atoms with Gasteiger partial charge in [-0.2, -0.15) is 0 Å². The van der Waals surface area contributed by atoms with Crippen molar-refractivity contribution >= 4 is 0 Å². The molecule has 3 nitrogen and oxygen atoms in total. The molecule has 1 radical (unpaired) electrons. The van der Waals surface area contributed by atoms with Crippen LogP contribution in [0.1, 0.15) is 39.5 Å². The summed E-state index contributed by atoms with van der Waals surface area (Å²) in [7, 11) is 0. The molecule has 2 N–H and O–H groups in total. The molecule has 0 bridgehead atoms. The van der Waals surface area contributed by atoms with Gasteiger partial charge in [0, 0.05) is 19.1 Å². The molecule has 0 amide bonds. The SMILES string of the molecule is CCCC(CCC)NC1[N]CCN1. The molecule has 1 heterocycles. The van der Waals surface area contributed by atoms with Crippen molar-refractivity contribution < 1.29 is 0 Å². The molecule has 1 fully saturated rings. The number of nitrogens with one attached hydrogen (secondary N) is 2. The predicted octanol–water partition coefficient (Wildman–Crippen LogP) is 1.04. The highest BCUT2D eigenvalue weighted by Crippen LogP contribution is 2.05. The molecule has 3 heteroatoms. The highest BCUT2D eigenvalue weighted by molar-refractivity contribution is 4.75. The summed E-state index contributed by atoms with van der Waals surface area (Å²) in [4.78, 5) is 0. The van der Waals surface area contributed by atoms with Gasteiger partial charge < -0.3 is 0 Å². The minimum Gasteiger partial charge on any atom is -0.287 e. The smallest absolute Gasteiger partial charge is 0.127 e. The van der Waals surface area contributed by atoms with E-state index in [1.165, 1.54) is 25.7 Å². The molecule has 1 saturated heterocycles. The van der Waals surface area contributed by atoms with E-state index in [0.29, 0.717) is 6.04 Å². The lowest BCUT2D eigenvalue weighted by Crippen LogP contribution is -2.47. The standard InChI is InChI=1S/C10H22N3/c1-3-5-9(6-4-2)13-10-11-7-8-12-10/h9-11,13H,3-8H2,1-2H3. The Kier molecular flexibility index (Phi) is 5.35. The van der Waals surface area contributed by atoms with Gasteiger partial charge in [-0.3, -0.25) is 10.6 Å². The Morgan fingerprint density at radius 1 is 1.38 bits per heavy atom. The molecule has 0 saturated carbocycles. The zero-order chi connectivity index (χ0) is 9.52. The van der Waals surface area contributed by atoms with Gasteiger partial charge in [-0.1, -0.05) is 26.7 Å². The molecule has 0 aromatic heterocycles. The van der Waals surface area contributed by atoms with Crippen molar-refractivity contribution in [3.8, 4) is 0 Å². The zero-order valence-corrected chi connectivity index (χ0v) is 8.84. The summed E-state index contributed by atoms with van der Waals surface area (Å²) in [6.45, 7) is 6.47. The van der Waals surface area contributed by atoms with E-state index >= 15 is 0 Å². The Hall–Kier alpha value is -0.120. The van der Waals surface area contributed by atoms with Gasteiger partial charge in [-0.05, 0) is 12.8 Å². The van der Waals surface area contributed by atoms with Gasteiger partial charge in [-0.15, -0.1) is 0 Å². The third kappa shape index (κ3) is 4.07. The normalized spacial score (nSPS) is 18.7. The molecule has 1 rings (SSSR count). The zero-order valence-electron chi connectivity index (χ0n) is 8.84. The van der Waals surface area contributed by atoms with Crippen LogP contribution in [-0.2, 0) is 0 Å². The van der Waals surface area contributed by atoms with Gasteiger partial charge in [0.1, 0.15) is 6.29 Å². The Morgan fingerprint density at radius 3 is 2.54 bits per heavy atom. The van der Waals surface area contributed by atoms with Gasteiger partial charge in [-0.25, -0.2) is 5.32 Å². The number of rotatable bonds is 6. The van der Waals surface area contributed by atoms with Crippen LogP contribution in [0.25, 0.3) is 0 Å². The fraction of sp³-hybridized carbons (Fsp3) is 1.00. The quantitative estimate of drug-likeness (QED) is 0.647. The third-order valence-electron chi connectivity index (χ3n) is 2.43. The lowest BCUT2D eigenvalue weighted by molar-refractivity contribution is 0.344. The Labute approximate surface area is 81.7 Å². The van der Waals surface area contributed by atoms with E-state index in [9.17, 15) is 0 Å². The second-order valence-electron chi connectivity index (χ2n) is 3.70. The minimum atomic E-state index is 0.225. The van der Waals surface area contributed by atoms with Crippen LogP contribution < -0.4 is 16.0 Å². The largest absolute Gasteiger partial charge is 0.287 e. The summed E-state index contributed by atoms with van der Waals surface area (Å²) in [6.07, 6.45) is 5.26. The Bertz CT molecular complexity index is 115. The van der Waals surface area contributed by atoms with E-state index in [-0.39, 0.29) is 6.29 Å². The van der Waals surface area contributed by atoms with Crippen LogP contribution in [0.3, 0.4) is 0 Å². The molecular weight excluding hydrogens is 162 g/mol. The maximum atomic E-state index is 4.42. The van der Waals surface area contributed by atoms with E-state index < -0.39 is 0 Å². The van der Waals surface area contributed by atoms with Crippen molar-refractivity contribution in [3.63, 3.8) is 0 Å². The topological polar surface area (TPSA) is 38.2 Å². The fourth-order valence-corrected chi connectivity index (χ4v) is 1.80. The molecular formula is C10H22N3. The van der Waals surface area contributed by atoms with Crippen molar-refractivity contribution in [2.24, 2.45) is 0 Å². The van der Waals surface area contributed by atoms with E-state index in [2.05, 4.69) is 29.8 Å². The van der Waals surface area contributed by atoms with Crippen LogP contribution in [0, 0.1) is 0 Å². The van der Waals surface area contributed by atoms with Crippen molar-refractivity contribution in [2.75, 3.05) is 13.1 Å². The number of nitrogens with zero attached hydrogens (tertiary/aromatic N) is 1. The average molecular weight is 184 g/mol. The Balaban J connectivity index is 2.19. The summed E-state index contributed by atoms with van der Waals surface area (Å²) in [5.74, 6) is 0. The lowest BCUT2D eigenvalue weighted by atomic mass is 10.1. The maximum Gasteiger partial charge on any atom is 0.127 e. The molecule has 0 aromatic rings. The molecule has 1 aliphatic heterocycles. The van der Waals surface area contributed by atoms with Gasteiger partial charge in [0.2, 0.25) is 0 Å². The third-order valence-corrected chi connectivity index (χ3v) is 2.43. The first kappa shape index (κ1) is 11.0. The van der Waals surface area contributed by atoms with Crippen LogP contribution in [0.4, 0.5) is 0 Å². The van der Waals surface area contributed by atoms with Crippen LogP contribution in [0.5, 0.6) is 0 Å². The van der Waals surface area contributed by atoms with Crippen LogP contribution in [0.15, 0.2) is 0 Å². The van der Waals surface area contributed by atoms with Gasteiger partial charge in [0.25, 0.3) is 0 Å². The monoisotopic (exact) mass is 184 g/mol. The molecule has 1 atom stereocenters. The fourth-order valence-electron chi connectivity index (χ4n) is 1.80. The average Bonchev–Trinajstić information content (AvgIpc) is 2.58. The van der Waals surface area contributed by atoms with Gasteiger partial charge >= 0.3 is 0 Å². The van der Waals surface area contributed by atoms with Crippen LogP contribution in [0.2, 0.25) is 0 Å². The van der Waals surface area contributed by atoms with Crippen molar-refractivity contribution in [2.45, 2.75) is 51.9 Å². The van der Waals surface area contributed by atoms with E-state index in [1.807, 2.05) is 0 Å². The second kappa shape index (κ2) is 6.35. The molecule has 1 unspecified atom stereocenters. The number of hydrogen-bond acceptors (Lipinski definition) is 2. The highest BCUT2D eigenvalue weighted by atomic mass is 15.3.